The van der Waals surface area contributed by atoms with Gasteiger partial charge in [-0.25, -0.2) is 0 Å². The number of phenols is 1. The lowest BCUT2D eigenvalue weighted by Gasteiger charge is -2.53. The zero-order valence-electron chi connectivity index (χ0n) is 11.4. The number of hydrogen-bond acceptors (Lipinski definition) is 2. The molecule has 18 heavy (non-hydrogen) atoms. The molecule has 0 unspecified atom stereocenters. The summed E-state index contributed by atoms with van der Waals surface area (Å²) in [7, 11) is 2.26. The number of nitrogens with zero attached hydrogens (tertiary/aromatic N) is 1. The number of hydrogen-bond donors (Lipinski definition) is 1. The third kappa shape index (κ3) is 1.74. The van der Waals surface area contributed by atoms with Crippen molar-refractivity contribution in [3.63, 3.8) is 0 Å². The Hall–Kier alpha value is -1.02. The summed E-state index contributed by atoms with van der Waals surface area (Å²) in [4.78, 5) is 2.53. The van der Waals surface area contributed by atoms with Crippen molar-refractivity contribution in [3.8, 4) is 5.75 Å². The van der Waals surface area contributed by atoms with Crippen LogP contribution in [0.4, 0.5) is 0 Å². The molecule has 1 aliphatic carbocycles. The minimum Gasteiger partial charge on any atom is -0.508 e. The lowest BCUT2D eigenvalue weighted by molar-refractivity contribution is 0.0265. The molecule has 2 bridgehead atoms. The van der Waals surface area contributed by atoms with Gasteiger partial charge in [0.05, 0.1) is 0 Å². The molecular formula is C16H23NO. The van der Waals surface area contributed by atoms with Gasteiger partial charge in [0.15, 0.2) is 0 Å². The van der Waals surface area contributed by atoms with Crippen LogP contribution < -0.4 is 0 Å². The second kappa shape index (κ2) is 4.27. The fourth-order valence-corrected chi connectivity index (χ4v) is 4.22. The van der Waals surface area contributed by atoms with Crippen molar-refractivity contribution in [1.82, 2.24) is 4.90 Å². The highest BCUT2D eigenvalue weighted by Crippen LogP contribution is 2.49. The first-order chi connectivity index (χ1) is 8.62. The van der Waals surface area contributed by atoms with E-state index in [1.165, 1.54) is 37.8 Å². The van der Waals surface area contributed by atoms with Crippen LogP contribution >= 0.6 is 0 Å². The standard InChI is InChI=1S/C16H23NO/c1-12-11-17(2)14-6-4-8-16(12,10-14)13-5-3-7-15(18)9-13/h3,5,7,9,12,14,18H,4,6,8,10-11H2,1-2H3/t12-,14+,16+/m0/s1. The van der Waals surface area contributed by atoms with Gasteiger partial charge in [-0.05, 0) is 49.9 Å². The van der Waals surface area contributed by atoms with Crippen LogP contribution in [0.25, 0.3) is 0 Å². The van der Waals surface area contributed by atoms with E-state index in [9.17, 15) is 5.11 Å². The molecule has 2 heteroatoms. The van der Waals surface area contributed by atoms with E-state index in [1.807, 2.05) is 12.1 Å². The summed E-state index contributed by atoms with van der Waals surface area (Å²) in [6.07, 6.45) is 5.19. The Kier molecular flexibility index (Phi) is 2.86. The van der Waals surface area contributed by atoms with Crippen LogP contribution in [0.5, 0.6) is 5.75 Å². The summed E-state index contributed by atoms with van der Waals surface area (Å²) < 4.78 is 0. The molecule has 0 amide bonds. The predicted molar refractivity (Wildman–Crippen MR) is 73.8 cm³/mol. The van der Waals surface area contributed by atoms with E-state index in [-0.39, 0.29) is 0 Å². The van der Waals surface area contributed by atoms with Gasteiger partial charge in [-0.2, -0.15) is 0 Å². The second-order valence-electron chi connectivity index (χ2n) is 6.30. The summed E-state index contributed by atoms with van der Waals surface area (Å²) in [5, 5.41) is 9.77. The monoisotopic (exact) mass is 245 g/mol. The predicted octanol–water partition coefficient (Wildman–Crippen LogP) is 3.15. The zero-order chi connectivity index (χ0) is 12.8. The maximum atomic E-state index is 9.77. The molecule has 2 aliphatic rings. The lowest BCUT2D eigenvalue weighted by Crippen LogP contribution is -2.54. The van der Waals surface area contributed by atoms with Gasteiger partial charge in [0, 0.05) is 18.0 Å². The van der Waals surface area contributed by atoms with Crippen LogP contribution in [-0.4, -0.2) is 29.6 Å². The van der Waals surface area contributed by atoms with E-state index in [2.05, 4.69) is 24.9 Å². The van der Waals surface area contributed by atoms with Gasteiger partial charge in [0.1, 0.15) is 5.75 Å². The largest absolute Gasteiger partial charge is 0.508 e. The number of aromatic hydroxyl groups is 1. The van der Waals surface area contributed by atoms with Gasteiger partial charge in [0.2, 0.25) is 0 Å². The van der Waals surface area contributed by atoms with Gasteiger partial charge in [-0.15, -0.1) is 0 Å². The topological polar surface area (TPSA) is 23.5 Å². The minimum absolute atomic E-state index is 0.300. The Labute approximate surface area is 110 Å². The molecule has 98 valence electrons. The molecule has 1 aromatic carbocycles. The Morgan fingerprint density at radius 1 is 1.39 bits per heavy atom. The molecule has 2 nitrogen and oxygen atoms in total. The average molecular weight is 245 g/mol. The van der Waals surface area contributed by atoms with Gasteiger partial charge in [-0.3, -0.25) is 0 Å². The van der Waals surface area contributed by atoms with E-state index in [4.69, 9.17) is 0 Å². The molecule has 0 spiro atoms. The van der Waals surface area contributed by atoms with Gasteiger partial charge in [0.25, 0.3) is 0 Å². The Bertz CT molecular complexity index is 444. The number of likely N-dealkylation sites (tertiary alicyclic amines) is 1. The maximum absolute atomic E-state index is 9.77. The van der Waals surface area contributed by atoms with Crippen molar-refractivity contribution in [3.05, 3.63) is 29.8 Å². The van der Waals surface area contributed by atoms with Gasteiger partial charge < -0.3 is 10.0 Å². The van der Waals surface area contributed by atoms with Gasteiger partial charge in [-0.1, -0.05) is 25.5 Å². The van der Waals surface area contributed by atoms with E-state index in [0.29, 0.717) is 17.1 Å². The molecule has 1 N–H and O–H groups in total. The molecule has 0 aromatic heterocycles. The quantitative estimate of drug-likeness (QED) is 0.821. The first-order valence-corrected chi connectivity index (χ1v) is 7.11. The smallest absolute Gasteiger partial charge is 0.115 e. The van der Waals surface area contributed by atoms with Crippen LogP contribution in [-0.2, 0) is 5.41 Å². The number of fused-ring (bicyclic) bond motifs is 2. The summed E-state index contributed by atoms with van der Waals surface area (Å²) in [5.74, 6) is 1.08. The van der Waals surface area contributed by atoms with Crippen molar-refractivity contribution in [2.75, 3.05) is 13.6 Å². The van der Waals surface area contributed by atoms with Crippen LogP contribution in [0.1, 0.15) is 38.2 Å². The number of phenolic OH excluding ortho intramolecular Hbond substituents is 1. The molecule has 2 fully saturated rings. The highest BCUT2D eigenvalue weighted by Gasteiger charge is 2.47. The molecule has 1 saturated carbocycles. The van der Waals surface area contributed by atoms with Crippen molar-refractivity contribution in [2.24, 2.45) is 5.92 Å². The minimum atomic E-state index is 0.300. The van der Waals surface area contributed by atoms with Crippen LogP contribution in [0.2, 0.25) is 0 Å². The van der Waals surface area contributed by atoms with Crippen LogP contribution in [0, 0.1) is 5.92 Å². The van der Waals surface area contributed by atoms with Crippen molar-refractivity contribution >= 4 is 0 Å². The summed E-state index contributed by atoms with van der Waals surface area (Å²) in [6, 6.07) is 8.71. The number of benzene rings is 1. The van der Waals surface area contributed by atoms with Crippen molar-refractivity contribution in [1.29, 1.82) is 0 Å². The molecular weight excluding hydrogens is 222 g/mol. The normalized spacial score (nSPS) is 36.6. The maximum Gasteiger partial charge on any atom is 0.115 e. The van der Waals surface area contributed by atoms with E-state index < -0.39 is 0 Å². The molecule has 3 rings (SSSR count). The number of piperidine rings is 1. The van der Waals surface area contributed by atoms with Gasteiger partial charge >= 0.3 is 0 Å². The summed E-state index contributed by atoms with van der Waals surface area (Å²) >= 11 is 0. The van der Waals surface area contributed by atoms with E-state index in [0.717, 1.165) is 6.04 Å². The van der Waals surface area contributed by atoms with Crippen molar-refractivity contribution < 1.29 is 5.11 Å². The summed E-state index contributed by atoms with van der Waals surface area (Å²) in [5.41, 5.74) is 1.65. The Morgan fingerprint density at radius 2 is 2.22 bits per heavy atom. The molecule has 3 atom stereocenters. The highest BCUT2D eigenvalue weighted by atomic mass is 16.3. The Morgan fingerprint density at radius 3 is 3.00 bits per heavy atom. The fourth-order valence-electron chi connectivity index (χ4n) is 4.22. The Balaban J connectivity index is 2.01. The van der Waals surface area contributed by atoms with Crippen LogP contribution in [0.15, 0.2) is 24.3 Å². The first-order valence-electron chi connectivity index (χ1n) is 7.11. The van der Waals surface area contributed by atoms with E-state index in [1.54, 1.807) is 6.07 Å². The molecule has 1 saturated heterocycles. The van der Waals surface area contributed by atoms with Crippen LogP contribution in [0.3, 0.4) is 0 Å². The molecule has 1 aliphatic heterocycles. The third-order valence-electron chi connectivity index (χ3n) is 5.31. The zero-order valence-corrected chi connectivity index (χ0v) is 11.4. The average Bonchev–Trinajstić information content (AvgIpc) is 2.37. The second-order valence-corrected chi connectivity index (χ2v) is 6.30. The lowest BCUT2D eigenvalue weighted by atomic mass is 9.59. The van der Waals surface area contributed by atoms with Crippen molar-refractivity contribution in [2.45, 2.75) is 44.1 Å². The fraction of sp³-hybridized carbons (Fsp3) is 0.625. The summed E-state index contributed by atoms with van der Waals surface area (Å²) in [6.45, 7) is 3.56. The van der Waals surface area contributed by atoms with E-state index >= 15 is 0 Å². The molecule has 0 radical (unpaired) electrons. The SMILES string of the molecule is C[C@H]1CN(C)[C@@H]2CCC[C@@]1(c1cccc(O)c1)C2. The highest BCUT2D eigenvalue weighted by molar-refractivity contribution is 5.35. The first kappa shape index (κ1) is 12.0. The third-order valence-corrected chi connectivity index (χ3v) is 5.31. The number of rotatable bonds is 1. The molecule has 1 heterocycles. The molecule has 1 aromatic rings.